The molecule has 3 saturated carbocycles. The van der Waals surface area contributed by atoms with Crippen LogP contribution >= 0.6 is 0 Å². The molecule has 1 aromatic heterocycles. The Balaban J connectivity index is 1.41. The van der Waals surface area contributed by atoms with Crippen LogP contribution in [0.15, 0.2) is 42.7 Å². The third-order valence-corrected chi connectivity index (χ3v) is 7.55. The fourth-order valence-corrected chi connectivity index (χ4v) is 5.83. The Labute approximate surface area is 206 Å². The van der Waals surface area contributed by atoms with Gasteiger partial charge in [0.25, 0.3) is 5.92 Å². The zero-order valence-electron chi connectivity index (χ0n) is 19.4. The lowest BCUT2D eigenvalue weighted by atomic mass is 9.30. The largest absolute Gasteiger partial charge is 0.484 e. The zero-order chi connectivity index (χ0) is 26.9. The highest BCUT2D eigenvalue weighted by Crippen LogP contribution is 2.80. The van der Waals surface area contributed by atoms with Crippen LogP contribution in [0.1, 0.15) is 36.0 Å². The minimum atomic E-state index is -4.50. The van der Waals surface area contributed by atoms with Gasteiger partial charge in [0.15, 0.2) is 12.2 Å². The Bertz CT molecular complexity index is 1310. The monoisotopic (exact) mass is 530 g/mol. The van der Waals surface area contributed by atoms with Gasteiger partial charge in [-0.25, -0.2) is 22.2 Å². The van der Waals surface area contributed by atoms with Gasteiger partial charge in [0.2, 0.25) is 0 Å². The lowest BCUT2D eigenvalue weighted by Crippen LogP contribution is -2.76. The molecule has 0 radical (unpaired) electrons. The van der Waals surface area contributed by atoms with Crippen LogP contribution in [0.2, 0.25) is 0 Å². The lowest BCUT2D eigenvalue weighted by molar-refractivity contribution is -0.347. The van der Waals surface area contributed by atoms with Crippen molar-refractivity contribution in [2.75, 3.05) is 6.61 Å². The third-order valence-electron chi connectivity index (χ3n) is 7.55. The van der Waals surface area contributed by atoms with Crippen molar-refractivity contribution >= 4 is 0 Å². The number of ether oxygens (including phenoxy) is 1. The van der Waals surface area contributed by atoms with E-state index in [0.29, 0.717) is 17.2 Å². The summed E-state index contributed by atoms with van der Waals surface area (Å²) in [4.78, 5) is 0. The minimum Gasteiger partial charge on any atom is -0.484 e. The summed E-state index contributed by atoms with van der Waals surface area (Å²) in [6, 6.07) is 6.53. The van der Waals surface area contributed by atoms with Crippen LogP contribution in [-0.4, -0.2) is 44.0 Å². The number of alkyl halides is 5. The van der Waals surface area contributed by atoms with Crippen LogP contribution in [0.3, 0.4) is 0 Å². The van der Waals surface area contributed by atoms with E-state index < -0.39 is 58.9 Å². The quantitative estimate of drug-likeness (QED) is 0.422. The first-order chi connectivity index (χ1) is 17.2. The van der Waals surface area contributed by atoms with Crippen molar-refractivity contribution in [3.8, 4) is 5.75 Å². The smallest absolute Gasteiger partial charge is 0.422 e. The summed E-state index contributed by atoms with van der Waals surface area (Å²) in [5.74, 6) is -6.16. The predicted octanol–water partition coefficient (Wildman–Crippen LogP) is 4.85. The molecule has 3 aliphatic carbocycles. The number of halogens is 7. The highest BCUT2D eigenvalue weighted by Gasteiger charge is 2.82. The second kappa shape index (κ2) is 8.14. The first-order valence-corrected chi connectivity index (χ1v) is 11.3. The van der Waals surface area contributed by atoms with Gasteiger partial charge in [-0.15, -0.1) is 5.10 Å². The van der Waals surface area contributed by atoms with Gasteiger partial charge in [-0.1, -0.05) is 12.1 Å². The number of aryl methyl sites for hydroxylation is 1. The first kappa shape index (κ1) is 25.4. The molecule has 2 bridgehead atoms. The van der Waals surface area contributed by atoms with Crippen molar-refractivity contribution in [1.29, 1.82) is 0 Å². The molecule has 198 valence electrons. The molecule has 2 aromatic carbocycles. The van der Waals surface area contributed by atoms with Crippen molar-refractivity contribution in [1.82, 2.24) is 20.2 Å². The number of nitrogens with zero attached hydrogens (tertiary/aromatic N) is 4. The number of aliphatic hydroxyl groups is 1. The van der Waals surface area contributed by atoms with Gasteiger partial charge in [-0.2, -0.15) is 13.2 Å². The van der Waals surface area contributed by atoms with Crippen LogP contribution in [0.25, 0.3) is 0 Å². The van der Waals surface area contributed by atoms with Gasteiger partial charge in [0.1, 0.15) is 23.7 Å². The molecule has 0 aliphatic heterocycles. The Hall–Kier alpha value is -3.22. The van der Waals surface area contributed by atoms with Crippen LogP contribution in [-0.2, 0) is 17.6 Å². The van der Waals surface area contributed by atoms with Crippen molar-refractivity contribution < 1.29 is 40.6 Å². The Morgan fingerprint density at radius 3 is 2.30 bits per heavy atom. The molecule has 13 heteroatoms. The van der Waals surface area contributed by atoms with Crippen molar-refractivity contribution in [3.05, 3.63) is 71.1 Å². The lowest BCUT2D eigenvalue weighted by Gasteiger charge is -2.74. The third kappa shape index (κ3) is 3.94. The van der Waals surface area contributed by atoms with Gasteiger partial charge < -0.3 is 9.84 Å². The van der Waals surface area contributed by atoms with Gasteiger partial charge >= 0.3 is 6.18 Å². The fraction of sp³-hybridized carbons (Fsp3) is 0.458. The van der Waals surface area contributed by atoms with Crippen LogP contribution in [0.4, 0.5) is 30.7 Å². The van der Waals surface area contributed by atoms with Crippen LogP contribution < -0.4 is 4.74 Å². The molecule has 0 amide bonds. The molecular weight excluding hydrogens is 509 g/mol. The second-order valence-electron chi connectivity index (χ2n) is 10.0. The summed E-state index contributed by atoms with van der Waals surface area (Å²) in [6.07, 6.45) is -3.64. The average molecular weight is 530 g/mol. The highest BCUT2D eigenvalue weighted by molar-refractivity contribution is 5.47. The highest BCUT2D eigenvalue weighted by atomic mass is 19.4. The molecule has 0 spiro atoms. The molecule has 3 fully saturated rings. The maximum Gasteiger partial charge on any atom is 0.422 e. The van der Waals surface area contributed by atoms with E-state index in [4.69, 9.17) is 4.74 Å². The SMILES string of the molecule is Cc1cc(C23CC(C(F)(F)[C@](O)(Cn4cnnn4)c4ccc(F)cc4F)(C2)C3)ccc1OCC(F)(F)F. The van der Waals surface area contributed by atoms with Gasteiger partial charge in [-0.3, -0.25) is 0 Å². The molecule has 0 saturated heterocycles. The number of hydrogen-bond acceptors (Lipinski definition) is 5. The van der Waals surface area contributed by atoms with E-state index in [1.54, 1.807) is 19.1 Å². The van der Waals surface area contributed by atoms with E-state index in [2.05, 4.69) is 15.5 Å². The first-order valence-electron chi connectivity index (χ1n) is 11.3. The topological polar surface area (TPSA) is 73.1 Å². The van der Waals surface area contributed by atoms with E-state index in [0.717, 1.165) is 23.1 Å². The molecule has 6 rings (SSSR count). The summed E-state index contributed by atoms with van der Waals surface area (Å²) in [7, 11) is 0. The maximum atomic E-state index is 16.2. The predicted molar refractivity (Wildman–Crippen MR) is 114 cm³/mol. The maximum absolute atomic E-state index is 16.2. The molecule has 1 heterocycles. The normalized spacial score (nSPS) is 24.7. The summed E-state index contributed by atoms with van der Waals surface area (Å²) >= 11 is 0. The Kier molecular flexibility index (Phi) is 5.59. The van der Waals surface area contributed by atoms with E-state index in [9.17, 15) is 27.1 Å². The van der Waals surface area contributed by atoms with Crippen molar-refractivity contribution in [3.63, 3.8) is 0 Å². The number of rotatable bonds is 8. The standard InChI is InChI=1S/C24H21F7N4O2/c1-14-6-15(2-5-19(14)37-12-23(27,28)29)20-8-21(9-20,10-20)24(30,31)22(36,11-35-13-32-33-34-35)17-4-3-16(25)7-18(17)26/h2-7,13,36H,8-12H2,1H3/t20?,21?,22-/m0/s1. The van der Waals surface area contributed by atoms with E-state index in [-0.39, 0.29) is 25.0 Å². The Morgan fingerprint density at radius 1 is 1.03 bits per heavy atom. The second-order valence-corrected chi connectivity index (χ2v) is 10.0. The van der Waals surface area contributed by atoms with E-state index in [1.165, 1.54) is 6.07 Å². The molecule has 3 aliphatic rings. The summed E-state index contributed by atoms with van der Waals surface area (Å²) in [5, 5.41) is 21.7. The molecule has 1 atom stereocenters. The molecule has 1 N–H and O–H groups in total. The molecule has 6 nitrogen and oxygen atoms in total. The van der Waals surface area contributed by atoms with Gasteiger partial charge in [0.05, 0.1) is 6.54 Å². The van der Waals surface area contributed by atoms with Crippen molar-refractivity contribution in [2.45, 2.75) is 55.8 Å². The van der Waals surface area contributed by atoms with E-state index >= 15 is 8.78 Å². The average Bonchev–Trinajstić information content (AvgIpc) is 3.23. The molecule has 0 unspecified atom stereocenters. The minimum absolute atomic E-state index is 0.0373. The molecular formula is C24H21F7N4O2. The van der Waals surface area contributed by atoms with Gasteiger partial charge in [-0.05, 0) is 71.4 Å². The molecule has 3 aromatic rings. The van der Waals surface area contributed by atoms with Crippen LogP contribution in [0, 0.1) is 24.0 Å². The summed E-state index contributed by atoms with van der Waals surface area (Å²) in [6.45, 7) is -0.768. The summed E-state index contributed by atoms with van der Waals surface area (Å²) < 4.78 is 104. The van der Waals surface area contributed by atoms with E-state index in [1.807, 2.05) is 0 Å². The Morgan fingerprint density at radius 2 is 1.73 bits per heavy atom. The molecule has 37 heavy (non-hydrogen) atoms. The number of benzene rings is 2. The number of tetrazole rings is 1. The van der Waals surface area contributed by atoms with Crippen LogP contribution in [0.5, 0.6) is 5.75 Å². The van der Waals surface area contributed by atoms with Crippen molar-refractivity contribution in [2.24, 2.45) is 5.41 Å². The van der Waals surface area contributed by atoms with Gasteiger partial charge in [0, 0.05) is 17.0 Å². The number of hydrogen-bond donors (Lipinski definition) is 1. The summed E-state index contributed by atoms with van der Waals surface area (Å²) in [5.41, 5.74) is -5.13. The fourth-order valence-electron chi connectivity index (χ4n) is 5.83. The number of aromatic nitrogens is 4. The zero-order valence-corrected chi connectivity index (χ0v) is 19.4.